The summed E-state index contributed by atoms with van der Waals surface area (Å²) in [5.74, 6) is -1.09. The molecule has 0 atom stereocenters. The van der Waals surface area contributed by atoms with Crippen molar-refractivity contribution in [2.24, 2.45) is 0 Å². The maximum Gasteiger partial charge on any atom is 0.339 e. The first-order chi connectivity index (χ1) is 11.4. The standard InChI is InChI=1S/C15H13BrN4O3S/c1-7-3-5-20-6-4-17-12(20)10(7)18-15(23)19-13-9(14(21)22)8(2)11(16)24-13/h3-6H,1-2H3,(H,21,22)(H2,18,19,23). The Bertz CT molecular complexity index is 963. The van der Waals surface area contributed by atoms with Gasteiger partial charge >= 0.3 is 12.0 Å². The first kappa shape index (κ1) is 16.5. The fraction of sp³-hybridized carbons (Fsp3) is 0.133. The number of urea groups is 1. The molecule has 9 heteroatoms. The molecule has 0 bridgehead atoms. The maximum atomic E-state index is 12.3. The summed E-state index contributed by atoms with van der Waals surface area (Å²) < 4.78 is 2.46. The van der Waals surface area contributed by atoms with Crippen molar-refractivity contribution in [3.8, 4) is 0 Å². The van der Waals surface area contributed by atoms with Gasteiger partial charge in [-0.2, -0.15) is 0 Å². The molecule has 0 aliphatic heterocycles. The molecule has 0 aromatic carbocycles. The average molecular weight is 409 g/mol. The summed E-state index contributed by atoms with van der Waals surface area (Å²) in [5.41, 5.74) is 2.70. The molecule has 3 heterocycles. The molecule has 0 aliphatic carbocycles. The van der Waals surface area contributed by atoms with Crippen LogP contribution in [-0.4, -0.2) is 26.5 Å². The van der Waals surface area contributed by atoms with Crippen LogP contribution in [0.1, 0.15) is 21.5 Å². The molecule has 0 radical (unpaired) electrons. The van der Waals surface area contributed by atoms with Crippen LogP contribution in [0.4, 0.5) is 15.5 Å². The van der Waals surface area contributed by atoms with Crippen LogP contribution in [0.25, 0.3) is 5.65 Å². The normalized spacial score (nSPS) is 10.8. The molecule has 3 N–H and O–H groups in total. The van der Waals surface area contributed by atoms with Crippen LogP contribution in [0.15, 0.2) is 28.4 Å². The van der Waals surface area contributed by atoms with Gasteiger partial charge in [-0.05, 0) is 47.0 Å². The molecule has 3 rings (SSSR count). The number of fused-ring (bicyclic) bond motifs is 1. The predicted octanol–water partition coefficient (Wildman–Crippen LogP) is 4.12. The molecule has 0 unspecified atom stereocenters. The van der Waals surface area contributed by atoms with Crippen molar-refractivity contribution in [2.75, 3.05) is 10.6 Å². The minimum atomic E-state index is -1.09. The number of hydrogen-bond donors (Lipinski definition) is 3. The molecule has 0 fully saturated rings. The van der Waals surface area contributed by atoms with Crippen LogP contribution in [0, 0.1) is 13.8 Å². The van der Waals surface area contributed by atoms with E-state index in [9.17, 15) is 14.7 Å². The third kappa shape index (κ3) is 2.87. The zero-order chi connectivity index (χ0) is 17.4. The molecule has 7 nitrogen and oxygen atoms in total. The first-order valence-corrected chi connectivity index (χ1v) is 8.52. The highest BCUT2D eigenvalue weighted by Gasteiger charge is 2.21. The van der Waals surface area contributed by atoms with Crippen molar-refractivity contribution in [1.82, 2.24) is 9.38 Å². The Hall–Kier alpha value is -2.39. The number of hydrogen-bond acceptors (Lipinski definition) is 4. The fourth-order valence-electron chi connectivity index (χ4n) is 2.31. The van der Waals surface area contributed by atoms with E-state index in [1.165, 1.54) is 0 Å². The molecule has 2 amide bonds. The van der Waals surface area contributed by atoms with E-state index in [0.717, 1.165) is 16.9 Å². The highest BCUT2D eigenvalue weighted by molar-refractivity contribution is 9.11. The number of carboxylic acid groups (broad SMARTS) is 1. The summed E-state index contributed by atoms with van der Waals surface area (Å²) >= 11 is 4.46. The third-order valence-corrected chi connectivity index (χ3v) is 5.62. The van der Waals surface area contributed by atoms with Gasteiger partial charge in [0.1, 0.15) is 5.00 Å². The quantitative estimate of drug-likeness (QED) is 0.607. The van der Waals surface area contributed by atoms with E-state index in [4.69, 9.17) is 0 Å². The Morgan fingerprint density at radius 1 is 1.29 bits per heavy atom. The van der Waals surface area contributed by atoms with E-state index in [-0.39, 0.29) is 10.6 Å². The lowest BCUT2D eigenvalue weighted by molar-refractivity contribution is 0.0697. The number of nitrogens with one attached hydrogen (secondary N) is 2. The number of amides is 2. The van der Waals surface area contributed by atoms with E-state index in [1.807, 2.05) is 19.2 Å². The SMILES string of the molecule is Cc1ccn2ccnc2c1NC(=O)Nc1sc(Br)c(C)c1C(=O)O. The second-order valence-electron chi connectivity index (χ2n) is 5.12. The van der Waals surface area contributed by atoms with Gasteiger partial charge in [-0.1, -0.05) is 0 Å². The summed E-state index contributed by atoms with van der Waals surface area (Å²) in [4.78, 5) is 27.9. The number of aromatic carboxylic acids is 1. The smallest absolute Gasteiger partial charge is 0.339 e. The van der Waals surface area contributed by atoms with Crippen LogP contribution in [0.5, 0.6) is 0 Å². The molecule has 24 heavy (non-hydrogen) atoms. The number of aromatic nitrogens is 2. The van der Waals surface area contributed by atoms with Gasteiger partial charge in [0.25, 0.3) is 0 Å². The number of imidazole rings is 1. The molecule has 0 saturated heterocycles. The number of rotatable bonds is 3. The van der Waals surface area contributed by atoms with Crippen molar-refractivity contribution in [3.63, 3.8) is 0 Å². The van der Waals surface area contributed by atoms with Crippen molar-refractivity contribution in [2.45, 2.75) is 13.8 Å². The Morgan fingerprint density at radius 2 is 2.04 bits per heavy atom. The number of thiophene rings is 1. The van der Waals surface area contributed by atoms with Crippen molar-refractivity contribution >= 4 is 55.6 Å². The second kappa shape index (κ2) is 6.25. The Morgan fingerprint density at radius 3 is 2.75 bits per heavy atom. The van der Waals surface area contributed by atoms with Crippen molar-refractivity contribution < 1.29 is 14.7 Å². The summed E-state index contributed by atoms with van der Waals surface area (Å²) in [6.07, 6.45) is 5.27. The Balaban J connectivity index is 1.89. The topological polar surface area (TPSA) is 95.7 Å². The zero-order valence-electron chi connectivity index (χ0n) is 12.8. The molecule has 0 spiro atoms. The van der Waals surface area contributed by atoms with E-state index >= 15 is 0 Å². The van der Waals surface area contributed by atoms with Crippen LogP contribution in [-0.2, 0) is 0 Å². The third-order valence-electron chi connectivity index (χ3n) is 3.54. The van der Waals surface area contributed by atoms with Gasteiger partial charge in [-0.15, -0.1) is 11.3 Å². The predicted molar refractivity (Wildman–Crippen MR) is 96.3 cm³/mol. The summed E-state index contributed by atoms with van der Waals surface area (Å²) in [6, 6.07) is 1.34. The highest BCUT2D eigenvalue weighted by Crippen LogP contribution is 2.37. The molecular weight excluding hydrogens is 396 g/mol. The van der Waals surface area contributed by atoms with Crippen LogP contribution in [0.2, 0.25) is 0 Å². The van der Waals surface area contributed by atoms with Gasteiger partial charge in [0.15, 0.2) is 5.65 Å². The minimum Gasteiger partial charge on any atom is -0.478 e. The van der Waals surface area contributed by atoms with Crippen molar-refractivity contribution in [3.05, 3.63) is 45.1 Å². The molecule has 3 aromatic heterocycles. The maximum absolute atomic E-state index is 12.3. The number of carbonyl (C=O) groups is 2. The van der Waals surface area contributed by atoms with E-state index < -0.39 is 12.0 Å². The lowest BCUT2D eigenvalue weighted by Gasteiger charge is -2.11. The number of carbonyl (C=O) groups excluding carboxylic acids is 1. The number of aryl methyl sites for hydroxylation is 1. The fourth-order valence-corrected chi connectivity index (χ4v) is 3.92. The monoisotopic (exact) mass is 408 g/mol. The molecule has 0 aliphatic rings. The summed E-state index contributed by atoms with van der Waals surface area (Å²) in [5, 5.41) is 15.0. The zero-order valence-corrected chi connectivity index (χ0v) is 15.2. The lowest BCUT2D eigenvalue weighted by atomic mass is 10.2. The largest absolute Gasteiger partial charge is 0.478 e. The van der Waals surface area contributed by atoms with Crippen molar-refractivity contribution in [1.29, 1.82) is 0 Å². The first-order valence-electron chi connectivity index (χ1n) is 6.91. The number of carboxylic acids is 1. The van der Waals surface area contributed by atoms with Gasteiger partial charge in [0.05, 0.1) is 15.0 Å². The van der Waals surface area contributed by atoms with Crippen LogP contribution < -0.4 is 10.6 Å². The molecule has 124 valence electrons. The number of nitrogens with zero attached hydrogens (tertiary/aromatic N) is 2. The van der Waals surface area contributed by atoms with Crippen LogP contribution in [0.3, 0.4) is 0 Å². The molecule has 3 aromatic rings. The number of halogens is 1. The van der Waals surface area contributed by atoms with Gasteiger partial charge in [0, 0.05) is 18.6 Å². The minimum absolute atomic E-state index is 0.0813. The molecule has 0 saturated carbocycles. The van der Waals surface area contributed by atoms with E-state index in [0.29, 0.717) is 20.7 Å². The van der Waals surface area contributed by atoms with E-state index in [1.54, 1.807) is 23.7 Å². The number of pyridine rings is 1. The average Bonchev–Trinajstić information content (AvgIpc) is 3.07. The second-order valence-corrected chi connectivity index (χ2v) is 7.46. The van der Waals surface area contributed by atoms with Gasteiger partial charge in [-0.25, -0.2) is 14.6 Å². The van der Waals surface area contributed by atoms with Gasteiger partial charge in [-0.3, -0.25) is 5.32 Å². The molecular formula is C15H13BrN4O3S. The summed E-state index contributed by atoms with van der Waals surface area (Å²) in [7, 11) is 0. The highest BCUT2D eigenvalue weighted by atomic mass is 79.9. The van der Waals surface area contributed by atoms with Crippen LogP contribution >= 0.6 is 27.3 Å². The van der Waals surface area contributed by atoms with Gasteiger partial charge in [0.2, 0.25) is 0 Å². The lowest BCUT2D eigenvalue weighted by Crippen LogP contribution is -2.21. The van der Waals surface area contributed by atoms with E-state index in [2.05, 4.69) is 31.5 Å². The summed E-state index contributed by atoms with van der Waals surface area (Å²) in [6.45, 7) is 3.54. The van der Waals surface area contributed by atoms with Gasteiger partial charge < -0.3 is 14.8 Å². The Labute approximate surface area is 149 Å². The number of anilines is 2. The Kier molecular flexibility index (Phi) is 4.29.